The van der Waals surface area contributed by atoms with Crippen molar-refractivity contribution in [2.24, 2.45) is 18.4 Å². The molecule has 1 aromatic heterocycles. The molecule has 118 valence electrons. The van der Waals surface area contributed by atoms with E-state index >= 15 is 0 Å². The van der Waals surface area contributed by atoms with Gasteiger partial charge in [0.1, 0.15) is 0 Å². The summed E-state index contributed by atoms with van der Waals surface area (Å²) in [5, 5.41) is 14.3. The lowest BCUT2D eigenvalue weighted by atomic mass is 9.67. The molecule has 1 aliphatic carbocycles. The molecule has 0 spiro atoms. The van der Waals surface area contributed by atoms with Crippen molar-refractivity contribution in [3.8, 4) is 0 Å². The molecule has 1 fully saturated rings. The summed E-state index contributed by atoms with van der Waals surface area (Å²) in [6, 6.07) is 0. The molecule has 0 bridgehead atoms. The van der Waals surface area contributed by atoms with Crippen LogP contribution in [-0.2, 0) is 24.7 Å². The molecule has 4 nitrogen and oxygen atoms in total. The van der Waals surface area contributed by atoms with Crippen LogP contribution in [0.15, 0.2) is 4.47 Å². The largest absolute Gasteiger partial charge is 0.481 e. The molecular formula is C16H25BrN2O2. The summed E-state index contributed by atoms with van der Waals surface area (Å²) in [5.41, 5.74) is 1.41. The van der Waals surface area contributed by atoms with E-state index in [1.165, 1.54) is 0 Å². The van der Waals surface area contributed by atoms with Crippen LogP contribution >= 0.6 is 15.9 Å². The normalized spacial score (nSPS) is 26.0. The Morgan fingerprint density at radius 3 is 2.48 bits per heavy atom. The summed E-state index contributed by atoms with van der Waals surface area (Å²) in [7, 11) is 1.91. The molecule has 0 aromatic carbocycles. The number of aliphatic carboxylic acids is 1. The van der Waals surface area contributed by atoms with Crippen LogP contribution in [0.25, 0.3) is 0 Å². The lowest BCUT2D eigenvalue weighted by Crippen LogP contribution is -2.38. The van der Waals surface area contributed by atoms with Crippen LogP contribution in [0, 0.1) is 11.3 Å². The van der Waals surface area contributed by atoms with E-state index in [2.05, 4.69) is 34.9 Å². The second-order valence-corrected chi connectivity index (χ2v) is 7.09. The Labute approximate surface area is 135 Å². The summed E-state index contributed by atoms with van der Waals surface area (Å²) in [5.74, 6) is 0.0434. The SMILES string of the molecule is CCc1nn(C)c(CC2(C(=O)O)CCC(CC)CC2)c1Br. The van der Waals surface area contributed by atoms with E-state index in [-0.39, 0.29) is 0 Å². The molecule has 2 rings (SSSR count). The maximum atomic E-state index is 11.9. The van der Waals surface area contributed by atoms with E-state index in [1.807, 2.05) is 11.7 Å². The molecule has 1 aromatic rings. The van der Waals surface area contributed by atoms with Crippen LogP contribution in [0.4, 0.5) is 0 Å². The minimum absolute atomic E-state index is 0.572. The molecule has 0 saturated heterocycles. The van der Waals surface area contributed by atoms with E-state index in [4.69, 9.17) is 0 Å². The van der Waals surface area contributed by atoms with Crippen LogP contribution in [0.3, 0.4) is 0 Å². The van der Waals surface area contributed by atoms with E-state index < -0.39 is 11.4 Å². The molecule has 0 amide bonds. The molecule has 1 saturated carbocycles. The van der Waals surface area contributed by atoms with Crippen LogP contribution in [0.1, 0.15) is 57.3 Å². The number of hydrogen-bond donors (Lipinski definition) is 1. The second kappa shape index (κ2) is 6.51. The number of carboxylic acid groups (broad SMARTS) is 1. The van der Waals surface area contributed by atoms with Crippen LogP contribution in [0.5, 0.6) is 0 Å². The highest BCUT2D eigenvalue weighted by atomic mass is 79.9. The molecule has 0 radical (unpaired) electrons. The zero-order chi connectivity index (χ0) is 15.6. The van der Waals surface area contributed by atoms with Gasteiger partial charge in [-0.25, -0.2) is 0 Å². The van der Waals surface area contributed by atoms with Crippen LogP contribution in [-0.4, -0.2) is 20.9 Å². The Hall–Kier alpha value is -0.840. The van der Waals surface area contributed by atoms with Gasteiger partial charge in [0.25, 0.3) is 0 Å². The van der Waals surface area contributed by atoms with Gasteiger partial charge in [-0.3, -0.25) is 9.48 Å². The summed E-state index contributed by atoms with van der Waals surface area (Å²) in [6.45, 7) is 4.26. The smallest absolute Gasteiger partial charge is 0.310 e. The van der Waals surface area contributed by atoms with Crippen molar-refractivity contribution in [2.45, 2.75) is 58.8 Å². The first-order valence-corrected chi connectivity index (χ1v) is 8.66. The van der Waals surface area contributed by atoms with Gasteiger partial charge in [-0.15, -0.1) is 0 Å². The van der Waals surface area contributed by atoms with E-state index in [0.29, 0.717) is 12.3 Å². The number of halogens is 1. The van der Waals surface area contributed by atoms with Crippen molar-refractivity contribution in [2.75, 3.05) is 0 Å². The minimum atomic E-state index is -0.650. The summed E-state index contributed by atoms with van der Waals surface area (Å²) < 4.78 is 2.84. The monoisotopic (exact) mass is 356 g/mol. The third kappa shape index (κ3) is 3.17. The van der Waals surface area contributed by atoms with E-state index in [0.717, 1.165) is 54.4 Å². The van der Waals surface area contributed by atoms with Crippen molar-refractivity contribution >= 4 is 21.9 Å². The highest BCUT2D eigenvalue weighted by Gasteiger charge is 2.42. The first-order valence-electron chi connectivity index (χ1n) is 7.87. The Morgan fingerprint density at radius 1 is 1.43 bits per heavy atom. The van der Waals surface area contributed by atoms with Crippen molar-refractivity contribution in [1.29, 1.82) is 0 Å². The number of rotatable bonds is 5. The van der Waals surface area contributed by atoms with Gasteiger partial charge in [-0.1, -0.05) is 20.3 Å². The van der Waals surface area contributed by atoms with Crippen molar-refractivity contribution in [1.82, 2.24) is 9.78 Å². The second-order valence-electron chi connectivity index (χ2n) is 6.30. The minimum Gasteiger partial charge on any atom is -0.481 e. The molecule has 21 heavy (non-hydrogen) atoms. The highest BCUT2D eigenvalue weighted by molar-refractivity contribution is 9.10. The number of aromatic nitrogens is 2. The zero-order valence-corrected chi connectivity index (χ0v) is 14.7. The number of nitrogens with zero attached hydrogens (tertiary/aromatic N) is 2. The predicted octanol–water partition coefficient (Wildman–Crippen LogP) is 3.96. The van der Waals surface area contributed by atoms with Gasteiger partial charge in [0, 0.05) is 13.5 Å². The molecule has 1 aliphatic rings. The molecule has 1 heterocycles. The van der Waals surface area contributed by atoms with Crippen LogP contribution < -0.4 is 0 Å². The van der Waals surface area contributed by atoms with Gasteiger partial charge in [0.05, 0.1) is 21.3 Å². The Morgan fingerprint density at radius 2 is 2.05 bits per heavy atom. The molecule has 0 aliphatic heterocycles. The number of carboxylic acids is 1. The third-order valence-electron chi connectivity index (χ3n) is 5.10. The van der Waals surface area contributed by atoms with Gasteiger partial charge < -0.3 is 5.11 Å². The quantitative estimate of drug-likeness (QED) is 0.868. The fraction of sp³-hybridized carbons (Fsp3) is 0.750. The Kier molecular flexibility index (Phi) is 5.12. The van der Waals surface area contributed by atoms with Gasteiger partial charge >= 0.3 is 5.97 Å². The molecule has 0 atom stereocenters. The van der Waals surface area contributed by atoms with Crippen molar-refractivity contribution in [3.05, 3.63) is 15.9 Å². The highest BCUT2D eigenvalue weighted by Crippen LogP contribution is 2.43. The lowest BCUT2D eigenvalue weighted by molar-refractivity contribution is -0.151. The topological polar surface area (TPSA) is 55.1 Å². The first-order chi connectivity index (χ1) is 9.93. The summed E-state index contributed by atoms with van der Waals surface area (Å²) in [4.78, 5) is 11.9. The van der Waals surface area contributed by atoms with Crippen molar-refractivity contribution < 1.29 is 9.90 Å². The third-order valence-corrected chi connectivity index (χ3v) is 6.02. The molecular weight excluding hydrogens is 332 g/mol. The van der Waals surface area contributed by atoms with Crippen molar-refractivity contribution in [3.63, 3.8) is 0 Å². The lowest BCUT2D eigenvalue weighted by Gasteiger charge is -2.36. The predicted molar refractivity (Wildman–Crippen MR) is 86.3 cm³/mol. The van der Waals surface area contributed by atoms with Gasteiger partial charge in [-0.2, -0.15) is 5.10 Å². The fourth-order valence-corrected chi connectivity index (χ4v) is 4.19. The maximum absolute atomic E-state index is 11.9. The van der Waals surface area contributed by atoms with Crippen LogP contribution in [0.2, 0.25) is 0 Å². The summed E-state index contributed by atoms with van der Waals surface area (Å²) >= 11 is 3.61. The van der Waals surface area contributed by atoms with Gasteiger partial charge in [0.2, 0.25) is 0 Å². The van der Waals surface area contributed by atoms with E-state index in [1.54, 1.807) is 0 Å². The summed E-state index contributed by atoms with van der Waals surface area (Å²) in [6.07, 6.45) is 6.19. The average molecular weight is 357 g/mol. The average Bonchev–Trinajstić information content (AvgIpc) is 2.75. The van der Waals surface area contributed by atoms with E-state index in [9.17, 15) is 9.90 Å². The fourth-order valence-electron chi connectivity index (χ4n) is 3.44. The standard InChI is InChI=1S/C16H25BrN2O2/c1-4-11-6-8-16(9-7-11,15(20)21)10-13-14(17)12(5-2)18-19(13)3/h11H,4-10H2,1-3H3,(H,20,21). The van der Waals surface area contributed by atoms with Gasteiger partial charge in [0.15, 0.2) is 0 Å². The molecule has 1 N–H and O–H groups in total. The molecule has 5 heteroatoms. The van der Waals surface area contributed by atoms with Gasteiger partial charge in [-0.05, 0) is 54.0 Å². The maximum Gasteiger partial charge on any atom is 0.310 e. The Bertz CT molecular complexity index is 517. The number of aryl methyl sites for hydroxylation is 2. The zero-order valence-electron chi connectivity index (χ0n) is 13.2. The first kappa shape index (κ1) is 16.5. The molecule has 0 unspecified atom stereocenters. The number of carbonyl (C=O) groups is 1. The Balaban J connectivity index is 2.26. The number of hydrogen-bond acceptors (Lipinski definition) is 2.